The number of carbonyl (C=O) groups excluding carboxylic acids is 1. The van der Waals surface area contributed by atoms with E-state index in [0.29, 0.717) is 11.4 Å². The Morgan fingerprint density at radius 1 is 1.15 bits per heavy atom. The van der Waals surface area contributed by atoms with Gasteiger partial charge < -0.3 is 15.2 Å². The van der Waals surface area contributed by atoms with Crippen molar-refractivity contribution in [3.63, 3.8) is 0 Å². The quantitative estimate of drug-likeness (QED) is 0.669. The summed E-state index contributed by atoms with van der Waals surface area (Å²) in [4.78, 5) is 23.4. The number of aliphatic carboxylic acids is 1. The van der Waals surface area contributed by atoms with Crippen molar-refractivity contribution < 1.29 is 19.4 Å². The van der Waals surface area contributed by atoms with Crippen LogP contribution in [-0.2, 0) is 15.3 Å². The lowest BCUT2D eigenvalue weighted by Gasteiger charge is -2.21. The van der Waals surface area contributed by atoms with Crippen LogP contribution in [0.4, 0.5) is 5.69 Å². The summed E-state index contributed by atoms with van der Waals surface area (Å²) in [7, 11) is 0. The van der Waals surface area contributed by atoms with Gasteiger partial charge in [0.05, 0.1) is 5.25 Å². The molecule has 2 aromatic carbocycles. The first-order valence-electron chi connectivity index (χ1n) is 8.78. The highest BCUT2D eigenvalue weighted by Crippen LogP contribution is 2.27. The van der Waals surface area contributed by atoms with Crippen molar-refractivity contribution in [2.24, 2.45) is 5.92 Å². The van der Waals surface area contributed by atoms with Crippen molar-refractivity contribution in [2.45, 2.75) is 31.8 Å². The van der Waals surface area contributed by atoms with Crippen LogP contribution in [0, 0.1) is 12.8 Å². The SMILES string of the molecule is Cc1cc(OCC(=O)O)ccc1NC(=O)C(SCc1ccccc1)C(C)C. The minimum absolute atomic E-state index is 0.0340. The molecule has 0 spiro atoms. The molecular formula is C21H25NO4S. The zero-order valence-corrected chi connectivity index (χ0v) is 16.6. The van der Waals surface area contributed by atoms with Crippen LogP contribution in [0.25, 0.3) is 0 Å². The molecule has 0 saturated carbocycles. The second kappa shape index (κ2) is 10.0. The molecule has 27 heavy (non-hydrogen) atoms. The summed E-state index contributed by atoms with van der Waals surface area (Å²) in [5.74, 6) is 0.371. The molecule has 0 aliphatic rings. The van der Waals surface area contributed by atoms with Gasteiger partial charge in [0.1, 0.15) is 5.75 Å². The second-order valence-corrected chi connectivity index (χ2v) is 7.74. The van der Waals surface area contributed by atoms with E-state index >= 15 is 0 Å². The minimum atomic E-state index is -1.03. The van der Waals surface area contributed by atoms with E-state index in [1.165, 1.54) is 5.56 Å². The van der Waals surface area contributed by atoms with Crippen molar-refractivity contribution in [3.8, 4) is 5.75 Å². The lowest BCUT2D eigenvalue weighted by atomic mass is 10.1. The third-order valence-electron chi connectivity index (χ3n) is 3.95. The summed E-state index contributed by atoms with van der Waals surface area (Å²) >= 11 is 1.63. The van der Waals surface area contributed by atoms with Gasteiger partial charge in [-0.05, 0) is 42.2 Å². The monoisotopic (exact) mass is 387 g/mol. The molecule has 2 aromatic rings. The van der Waals surface area contributed by atoms with Crippen LogP contribution in [0.15, 0.2) is 48.5 Å². The molecule has 0 aromatic heterocycles. The molecule has 0 aliphatic carbocycles. The smallest absolute Gasteiger partial charge is 0.341 e. The summed E-state index contributed by atoms with van der Waals surface area (Å²) in [5, 5.41) is 11.5. The molecule has 5 nitrogen and oxygen atoms in total. The number of hydrogen-bond donors (Lipinski definition) is 2. The Balaban J connectivity index is 2.00. The molecular weight excluding hydrogens is 362 g/mol. The molecule has 0 aliphatic heterocycles. The number of hydrogen-bond acceptors (Lipinski definition) is 4. The topological polar surface area (TPSA) is 75.6 Å². The molecule has 0 saturated heterocycles. The lowest BCUT2D eigenvalue weighted by molar-refractivity contribution is -0.139. The molecule has 6 heteroatoms. The number of carboxylic acid groups (broad SMARTS) is 1. The number of nitrogens with one attached hydrogen (secondary N) is 1. The van der Waals surface area contributed by atoms with Gasteiger partial charge in [-0.1, -0.05) is 44.2 Å². The Labute approximate surface area is 164 Å². The highest BCUT2D eigenvalue weighted by molar-refractivity contribution is 7.99. The number of anilines is 1. The first kappa shape index (κ1) is 20.8. The van der Waals surface area contributed by atoms with E-state index < -0.39 is 12.6 Å². The highest BCUT2D eigenvalue weighted by Gasteiger charge is 2.23. The van der Waals surface area contributed by atoms with E-state index in [1.54, 1.807) is 30.0 Å². The van der Waals surface area contributed by atoms with Crippen LogP contribution in [0.3, 0.4) is 0 Å². The summed E-state index contributed by atoms with van der Waals surface area (Å²) in [5.41, 5.74) is 2.72. The highest BCUT2D eigenvalue weighted by atomic mass is 32.2. The average Bonchev–Trinajstić information content (AvgIpc) is 2.62. The van der Waals surface area contributed by atoms with Gasteiger partial charge in [0.2, 0.25) is 5.91 Å². The van der Waals surface area contributed by atoms with Crippen molar-refractivity contribution in [2.75, 3.05) is 11.9 Å². The third kappa shape index (κ3) is 6.64. The summed E-state index contributed by atoms with van der Waals surface area (Å²) in [6.45, 7) is 5.54. The van der Waals surface area contributed by atoms with Crippen molar-refractivity contribution in [3.05, 3.63) is 59.7 Å². The summed E-state index contributed by atoms with van der Waals surface area (Å²) < 4.78 is 5.17. The van der Waals surface area contributed by atoms with E-state index in [1.807, 2.05) is 39.0 Å². The maximum Gasteiger partial charge on any atom is 0.341 e. The minimum Gasteiger partial charge on any atom is -0.482 e. The van der Waals surface area contributed by atoms with Crippen LogP contribution in [0.1, 0.15) is 25.0 Å². The van der Waals surface area contributed by atoms with E-state index in [0.717, 1.165) is 11.3 Å². The fourth-order valence-corrected chi connectivity index (χ4v) is 3.71. The molecule has 0 bridgehead atoms. The maximum absolute atomic E-state index is 12.8. The van der Waals surface area contributed by atoms with E-state index in [-0.39, 0.29) is 17.1 Å². The van der Waals surface area contributed by atoms with Gasteiger partial charge in [0.25, 0.3) is 0 Å². The molecule has 1 atom stereocenters. The van der Waals surface area contributed by atoms with E-state index in [9.17, 15) is 9.59 Å². The van der Waals surface area contributed by atoms with Crippen LogP contribution >= 0.6 is 11.8 Å². The van der Waals surface area contributed by atoms with Gasteiger partial charge in [-0.2, -0.15) is 0 Å². The largest absolute Gasteiger partial charge is 0.482 e. The predicted octanol–water partition coefficient (Wildman–Crippen LogP) is 4.35. The van der Waals surface area contributed by atoms with Gasteiger partial charge in [-0.25, -0.2) is 4.79 Å². The molecule has 1 unspecified atom stereocenters. The fourth-order valence-electron chi connectivity index (χ4n) is 2.55. The van der Waals surface area contributed by atoms with Gasteiger partial charge >= 0.3 is 5.97 Å². The Morgan fingerprint density at radius 2 is 1.85 bits per heavy atom. The number of aryl methyl sites for hydroxylation is 1. The molecule has 2 N–H and O–H groups in total. The second-order valence-electron chi connectivity index (χ2n) is 6.61. The Bertz CT molecular complexity index is 777. The van der Waals surface area contributed by atoms with Crippen LogP contribution in [0.5, 0.6) is 5.75 Å². The van der Waals surface area contributed by atoms with E-state index in [2.05, 4.69) is 17.4 Å². The predicted molar refractivity (Wildman–Crippen MR) is 109 cm³/mol. The fraction of sp³-hybridized carbons (Fsp3) is 0.333. The maximum atomic E-state index is 12.8. The summed E-state index contributed by atoms with van der Waals surface area (Å²) in [6.07, 6.45) is 0. The van der Waals surface area contributed by atoms with Gasteiger partial charge in [-0.3, -0.25) is 4.79 Å². The lowest BCUT2D eigenvalue weighted by Crippen LogP contribution is -2.30. The van der Waals surface area contributed by atoms with E-state index in [4.69, 9.17) is 9.84 Å². The van der Waals surface area contributed by atoms with Gasteiger partial charge in [0.15, 0.2) is 6.61 Å². The third-order valence-corrected chi connectivity index (χ3v) is 5.57. The molecule has 0 heterocycles. The van der Waals surface area contributed by atoms with Crippen molar-refractivity contribution in [1.29, 1.82) is 0 Å². The van der Waals surface area contributed by atoms with Crippen LogP contribution in [0.2, 0.25) is 0 Å². The van der Waals surface area contributed by atoms with Crippen LogP contribution in [-0.4, -0.2) is 28.8 Å². The molecule has 1 amide bonds. The van der Waals surface area contributed by atoms with Gasteiger partial charge in [-0.15, -0.1) is 11.8 Å². The first-order chi connectivity index (χ1) is 12.9. The van der Waals surface area contributed by atoms with Crippen LogP contribution < -0.4 is 10.1 Å². The van der Waals surface area contributed by atoms with Gasteiger partial charge in [0, 0.05) is 11.4 Å². The molecule has 0 fully saturated rings. The number of carbonyl (C=O) groups is 2. The Hall–Kier alpha value is -2.47. The first-order valence-corrected chi connectivity index (χ1v) is 9.83. The Kier molecular flexibility index (Phi) is 7.73. The number of amides is 1. The normalized spacial score (nSPS) is 11.9. The molecule has 2 rings (SSSR count). The molecule has 0 radical (unpaired) electrons. The van der Waals surface area contributed by atoms with Crippen molar-refractivity contribution in [1.82, 2.24) is 0 Å². The molecule has 144 valence electrons. The average molecular weight is 388 g/mol. The Morgan fingerprint density at radius 3 is 2.44 bits per heavy atom. The number of ether oxygens (including phenoxy) is 1. The standard InChI is InChI=1S/C21H25NO4S/c1-14(2)20(27-13-16-7-5-4-6-8-16)21(25)22-18-10-9-17(11-15(18)3)26-12-19(23)24/h4-11,14,20H,12-13H2,1-3H3,(H,22,25)(H,23,24). The number of thioether (sulfide) groups is 1. The zero-order chi connectivity index (χ0) is 19.8. The zero-order valence-electron chi connectivity index (χ0n) is 15.8. The number of carboxylic acids is 1. The number of rotatable bonds is 9. The van der Waals surface area contributed by atoms with Crippen molar-refractivity contribution >= 4 is 29.3 Å². The summed E-state index contributed by atoms with van der Waals surface area (Å²) in [6, 6.07) is 15.2. The number of benzene rings is 2.